The zero-order chi connectivity index (χ0) is 12.1. The molecule has 0 aliphatic heterocycles. The Morgan fingerprint density at radius 3 is 2.69 bits per heavy atom. The summed E-state index contributed by atoms with van der Waals surface area (Å²) in [4.78, 5) is 10.6. The molecule has 1 aromatic carbocycles. The minimum atomic E-state index is -0.762. The number of carbonyl (C=O) groups is 1. The molecule has 0 aliphatic rings. The van der Waals surface area contributed by atoms with Gasteiger partial charge in [0, 0.05) is 11.5 Å². The summed E-state index contributed by atoms with van der Waals surface area (Å²) >= 11 is 13.2. The molecule has 1 rings (SSSR count). The van der Waals surface area contributed by atoms with E-state index >= 15 is 0 Å². The quantitative estimate of drug-likeness (QED) is 0.886. The lowest BCUT2D eigenvalue weighted by Gasteiger charge is -2.06. The molecule has 0 saturated carbocycles. The Hall–Kier alpha value is -0.380. The highest BCUT2D eigenvalue weighted by Gasteiger charge is 2.10. The molecule has 1 aromatic rings. The molecule has 0 radical (unpaired) electrons. The zero-order valence-electron chi connectivity index (χ0n) is 8.74. The lowest BCUT2D eigenvalue weighted by Crippen LogP contribution is -2.11. The van der Waals surface area contributed by atoms with Crippen molar-refractivity contribution in [3.63, 3.8) is 0 Å². The number of aliphatic carboxylic acids is 1. The molecule has 0 bridgehead atoms. The lowest BCUT2D eigenvalue weighted by molar-refractivity contribution is -0.140. The summed E-state index contributed by atoms with van der Waals surface area (Å²) in [7, 11) is 0. The van der Waals surface area contributed by atoms with Gasteiger partial charge in [-0.3, -0.25) is 4.79 Å². The van der Waals surface area contributed by atoms with Gasteiger partial charge >= 0.3 is 5.97 Å². The first-order valence-electron chi connectivity index (χ1n) is 4.75. The Kier molecular flexibility index (Phi) is 5.46. The van der Waals surface area contributed by atoms with E-state index in [1.165, 1.54) is 0 Å². The first-order valence-corrected chi connectivity index (χ1v) is 6.66. The molecular formula is C11H12Cl2O2S. The summed E-state index contributed by atoms with van der Waals surface area (Å²) in [6.45, 7) is 1.70. The van der Waals surface area contributed by atoms with Crippen molar-refractivity contribution in [3.05, 3.63) is 33.8 Å². The molecule has 0 amide bonds. The number of benzene rings is 1. The average Bonchev–Trinajstić information content (AvgIpc) is 2.23. The van der Waals surface area contributed by atoms with E-state index < -0.39 is 5.97 Å². The molecule has 0 saturated heterocycles. The number of hydrogen-bond acceptors (Lipinski definition) is 2. The van der Waals surface area contributed by atoms with Gasteiger partial charge in [-0.15, -0.1) is 0 Å². The molecule has 2 nitrogen and oxygen atoms in total. The van der Waals surface area contributed by atoms with Gasteiger partial charge in [0.1, 0.15) is 0 Å². The minimum absolute atomic E-state index is 0.326. The molecule has 16 heavy (non-hydrogen) atoms. The van der Waals surface area contributed by atoms with Gasteiger partial charge in [-0.25, -0.2) is 0 Å². The van der Waals surface area contributed by atoms with E-state index in [0.29, 0.717) is 15.8 Å². The van der Waals surface area contributed by atoms with E-state index in [4.69, 9.17) is 28.3 Å². The van der Waals surface area contributed by atoms with E-state index in [1.807, 2.05) is 12.1 Å². The van der Waals surface area contributed by atoms with Crippen LogP contribution in [-0.2, 0) is 10.5 Å². The second kappa shape index (κ2) is 6.38. The SMILES string of the molecule is CC(CSCc1ccc(Cl)c(Cl)c1)C(=O)O. The van der Waals surface area contributed by atoms with Gasteiger partial charge in [0.2, 0.25) is 0 Å². The molecule has 0 fully saturated rings. The monoisotopic (exact) mass is 278 g/mol. The molecule has 0 spiro atoms. The van der Waals surface area contributed by atoms with Crippen LogP contribution in [0.15, 0.2) is 18.2 Å². The standard InChI is InChI=1S/C11H12Cl2O2S/c1-7(11(14)15)5-16-6-8-2-3-9(12)10(13)4-8/h2-4,7H,5-6H2,1H3,(H,14,15). The van der Waals surface area contributed by atoms with Crippen LogP contribution in [-0.4, -0.2) is 16.8 Å². The van der Waals surface area contributed by atoms with Crippen molar-refractivity contribution in [2.75, 3.05) is 5.75 Å². The second-order valence-electron chi connectivity index (χ2n) is 3.50. The van der Waals surface area contributed by atoms with Crippen LogP contribution in [0.25, 0.3) is 0 Å². The summed E-state index contributed by atoms with van der Waals surface area (Å²) < 4.78 is 0. The number of carboxylic acids is 1. The van der Waals surface area contributed by atoms with Gasteiger partial charge in [0.05, 0.1) is 16.0 Å². The fourth-order valence-corrected chi connectivity index (χ4v) is 2.40. The van der Waals surface area contributed by atoms with Crippen LogP contribution in [0.5, 0.6) is 0 Å². The predicted octanol–water partition coefficient (Wildman–Crippen LogP) is 3.95. The Morgan fingerprint density at radius 2 is 2.12 bits per heavy atom. The zero-order valence-corrected chi connectivity index (χ0v) is 11.1. The van der Waals surface area contributed by atoms with Crippen molar-refractivity contribution in [2.45, 2.75) is 12.7 Å². The van der Waals surface area contributed by atoms with Crippen molar-refractivity contribution in [2.24, 2.45) is 5.92 Å². The van der Waals surface area contributed by atoms with Crippen LogP contribution in [0.1, 0.15) is 12.5 Å². The molecule has 1 unspecified atom stereocenters. The van der Waals surface area contributed by atoms with Gasteiger partial charge in [-0.1, -0.05) is 36.2 Å². The highest BCUT2D eigenvalue weighted by molar-refractivity contribution is 7.98. The van der Waals surface area contributed by atoms with Gasteiger partial charge in [-0.05, 0) is 17.7 Å². The van der Waals surface area contributed by atoms with Crippen LogP contribution >= 0.6 is 35.0 Å². The van der Waals surface area contributed by atoms with E-state index in [9.17, 15) is 4.79 Å². The maximum atomic E-state index is 10.6. The highest BCUT2D eigenvalue weighted by atomic mass is 35.5. The van der Waals surface area contributed by atoms with Gasteiger partial charge in [-0.2, -0.15) is 11.8 Å². The third-order valence-corrected chi connectivity index (χ3v) is 4.05. The van der Waals surface area contributed by atoms with Crippen LogP contribution in [0, 0.1) is 5.92 Å². The fraction of sp³-hybridized carbons (Fsp3) is 0.364. The Bertz CT molecular complexity index is 382. The number of halogens is 2. The minimum Gasteiger partial charge on any atom is -0.481 e. The fourth-order valence-electron chi connectivity index (χ4n) is 1.05. The molecule has 0 heterocycles. The average molecular weight is 279 g/mol. The van der Waals surface area contributed by atoms with Gasteiger partial charge < -0.3 is 5.11 Å². The van der Waals surface area contributed by atoms with Gasteiger partial charge in [0.25, 0.3) is 0 Å². The van der Waals surface area contributed by atoms with Crippen LogP contribution in [0.3, 0.4) is 0 Å². The van der Waals surface area contributed by atoms with Crippen LogP contribution in [0.2, 0.25) is 10.0 Å². The molecule has 5 heteroatoms. The summed E-state index contributed by atoms with van der Waals surface area (Å²) in [5.74, 6) is 0.249. The number of thioether (sulfide) groups is 1. The number of carboxylic acid groups (broad SMARTS) is 1. The third-order valence-electron chi connectivity index (χ3n) is 2.04. The molecule has 1 atom stereocenters. The smallest absolute Gasteiger partial charge is 0.307 e. The van der Waals surface area contributed by atoms with Crippen molar-refractivity contribution >= 4 is 40.9 Å². The Balaban J connectivity index is 2.43. The van der Waals surface area contributed by atoms with Crippen LogP contribution in [0.4, 0.5) is 0 Å². The second-order valence-corrected chi connectivity index (χ2v) is 5.35. The number of rotatable bonds is 5. The van der Waals surface area contributed by atoms with Crippen molar-refractivity contribution in [1.29, 1.82) is 0 Å². The summed E-state index contributed by atoms with van der Waals surface area (Å²) in [5.41, 5.74) is 1.05. The normalized spacial score (nSPS) is 12.4. The lowest BCUT2D eigenvalue weighted by atomic mass is 10.2. The van der Waals surface area contributed by atoms with E-state index in [2.05, 4.69) is 0 Å². The number of hydrogen-bond donors (Lipinski definition) is 1. The topological polar surface area (TPSA) is 37.3 Å². The van der Waals surface area contributed by atoms with Crippen LogP contribution < -0.4 is 0 Å². The molecule has 0 aromatic heterocycles. The van der Waals surface area contributed by atoms with E-state index in [0.717, 1.165) is 11.3 Å². The molecule has 0 aliphatic carbocycles. The molecular weight excluding hydrogens is 267 g/mol. The van der Waals surface area contributed by atoms with Gasteiger partial charge in [0.15, 0.2) is 0 Å². The maximum absolute atomic E-state index is 10.6. The van der Waals surface area contributed by atoms with E-state index in [-0.39, 0.29) is 5.92 Å². The summed E-state index contributed by atoms with van der Waals surface area (Å²) in [6, 6.07) is 5.45. The molecule has 1 N–H and O–H groups in total. The highest BCUT2D eigenvalue weighted by Crippen LogP contribution is 2.25. The summed E-state index contributed by atoms with van der Waals surface area (Å²) in [5, 5.41) is 9.78. The largest absolute Gasteiger partial charge is 0.481 e. The Labute approximate surface area is 109 Å². The van der Waals surface area contributed by atoms with Crippen molar-refractivity contribution in [3.8, 4) is 0 Å². The molecule has 88 valence electrons. The third kappa shape index (κ3) is 4.24. The van der Waals surface area contributed by atoms with E-state index in [1.54, 1.807) is 24.8 Å². The predicted molar refractivity (Wildman–Crippen MR) is 69.4 cm³/mol. The first-order chi connectivity index (χ1) is 7.50. The Morgan fingerprint density at radius 1 is 1.44 bits per heavy atom. The van der Waals surface area contributed by atoms with Crippen molar-refractivity contribution < 1.29 is 9.90 Å². The maximum Gasteiger partial charge on any atom is 0.307 e. The van der Waals surface area contributed by atoms with Crippen molar-refractivity contribution in [1.82, 2.24) is 0 Å². The summed E-state index contributed by atoms with van der Waals surface area (Å²) in [6.07, 6.45) is 0. The first kappa shape index (κ1) is 13.7.